The molecule has 0 saturated carbocycles. The first-order chi connectivity index (χ1) is 13.4. The van der Waals surface area contributed by atoms with Gasteiger partial charge in [-0.05, 0) is 55.7 Å². The minimum Gasteiger partial charge on any atom is -0.467 e. The lowest BCUT2D eigenvalue weighted by atomic mass is 9.96. The molecule has 4 amide bonds. The van der Waals surface area contributed by atoms with Gasteiger partial charge in [0.1, 0.15) is 17.2 Å². The van der Waals surface area contributed by atoms with Crippen LogP contribution in [0, 0.1) is 5.82 Å². The van der Waals surface area contributed by atoms with Gasteiger partial charge in [0, 0.05) is 17.9 Å². The lowest BCUT2D eigenvalue weighted by Gasteiger charge is -2.35. The van der Waals surface area contributed by atoms with Gasteiger partial charge in [0.25, 0.3) is 11.8 Å². The van der Waals surface area contributed by atoms with E-state index in [0.29, 0.717) is 12.2 Å². The van der Waals surface area contributed by atoms with Crippen molar-refractivity contribution in [1.82, 2.24) is 10.2 Å². The van der Waals surface area contributed by atoms with Gasteiger partial charge in [-0.25, -0.2) is 9.18 Å². The summed E-state index contributed by atoms with van der Waals surface area (Å²) in [6, 6.07) is 6.93. The molecule has 7 nitrogen and oxygen atoms in total. The van der Waals surface area contributed by atoms with Crippen molar-refractivity contribution in [3.8, 4) is 0 Å². The third kappa shape index (κ3) is 3.17. The highest BCUT2D eigenvalue weighted by Crippen LogP contribution is 2.32. The fourth-order valence-corrected chi connectivity index (χ4v) is 3.47. The molecule has 2 aliphatic rings. The minimum atomic E-state index is -0.794. The van der Waals surface area contributed by atoms with E-state index in [1.54, 1.807) is 23.1 Å². The number of fused-ring (bicyclic) bond motifs is 1. The van der Waals surface area contributed by atoms with Crippen molar-refractivity contribution in [2.45, 2.75) is 32.4 Å². The summed E-state index contributed by atoms with van der Waals surface area (Å²) in [6.07, 6.45) is 4.33. The topological polar surface area (TPSA) is 82.9 Å². The van der Waals surface area contributed by atoms with Crippen LogP contribution in [0.1, 0.15) is 24.7 Å². The highest BCUT2D eigenvalue weighted by Gasteiger charge is 2.37. The third-order valence-corrected chi connectivity index (χ3v) is 4.97. The Bertz CT molecular complexity index is 983. The molecule has 1 unspecified atom stereocenters. The van der Waals surface area contributed by atoms with Gasteiger partial charge in [0.15, 0.2) is 0 Å². The molecule has 0 radical (unpaired) electrons. The summed E-state index contributed by atoms with van der Waals surface area (Å²) < 4.78 is 18.8. The van der Waals surface area contributed by atoms with Crippen molar-refractivity contribution in [2.75, 3.05) is 4.90 Å². The molecule has 144 valence electrons. The molecule has 8 heteroatoms. The zero-order valence-electron chi connectivity index (χ0n) is 15.1. The highest BCUT2D eigenvalue weighted by atomic mass is 19.1. The Balaban J connectivity index is 1.69. The molecule has 28 heavy (non-hydrogen) atoms. The molecule has 1 aromatic carbocycles. The summed E-state index contributed by atoms with van der Waals surface area (Å²) >= 11 is 0. The van der Waals surface area contributed by atoms with Gasteiger partial charge in [-0.15, -0.1) is 0 Å². The maximum Gasteiger partial charge on any atom is 0.331 e. The van der Waals surface area contributed by atoms with Crippen LogP contribution in [-0.4, -0.2) is 28.8 Å². The van der Waals surface area contributed by atoms with Gasteiger partial charge in [-0.2, -0.15) is 0 Å². The second-order valence-electron chi connectivity index (χ2n) is 6.84. The summed E-state index contributed by atoms with van der Waals surface area (Å²) in [4.78, 5) is 40.1. The predicted molar refractivity (Wildman–Crippen MR) is 97.5 cm³/mol. The number of rotatable bonds is 3. The Labute approximate surface area is 160 Å². The van der Waals surface area contributed by atoms with Crippen LogP contribution in [0.5, 0.6) is 0 Å². The van der Waals surface area contributed by atoms with Crippen molar-refractivity contribution in [2.24, 2.45) is 0 Å². The van der Waals surface area contributed by atoms with E-state index >= 15 is 0 Å². The van der Waals surface area contributed by atoms with Gasteiger partial charge >= 0.3 is 6.03 Å². The Morgan fingerprint density at radius 2 is 2.11 bits per heavy atom. The van der Waals surface area contributed by atoms with Crippen molar-refractivity contribution in [3.05, 3.63) is 65.5 Å². The molecule has 1 N–H and O–H groups in total. The van der Waals surface area contributed by atoms with Gasteiger partial charge in [0.2, 0.25) is 0 Å². The van der Waals surface area contributed by atoms with Crippen LogP contribution >= 0.6 is 0 Å². The number of halogens is 1. The van der Waals surface area contributed by atoms with Crippen molar-refractivity contribution >= 4 is 23.5 Å². The number of amides is 4. The molecule has 4 rings (SSSR count). The second-order valence-corrected chi connectivity index (χ2v) is 6.84. The number of imide groups is 2. The molecule has 1 aromatic heterocycles. The zero-order chi connectivity index (χ0) is 19.8. The smallest absolute Gasteiger partial charge is 0.331 e. The molecule has 1 atom stereocenters. The van der Waals surface area contributed by atoms with E-state index < -0.39 is 17.8 Å². The summed E-state index contributed by atoms with van der Waals surface area (Å²) in [5, 5.41) is 2.19. The fraction of sp³-hybridized carbons (Fsp3) is 0.250. The molecule has 2 aliphatic heterocycles. The summed E-state index contributed by atoms with van der Waals surface area (Å²) in [7, 11) is 0. The lowest BCUT2D eigenvalue weighted by molar-refractivity contribution is -0.130. The Morgan fingerprint density at radius 3 is 2.86 bits per heavy atom. The SMILES string of the molecule is CC1CCc2cc(F)ccc2N1C=C1C(=O)NC(=O)N(Cc2ccco2)C1=O. The number of urea groups is 1. The number of nitrogens with one attached hydrogen (secondary N) is 1. The van der Waals surface area contributed by atoms with Crippen LogP contribution in [0.4, 0.5) is 14.9 Å². The molecule has 2 aromatic rings. The van der Waals surface area contributed by atoms with Crippen LogP contribution in [0.15, 0.2) is 52.8 Å². The number of carbonyl (C=O) groups excluding carboxylic acids is 3. The number of hydrogen-bond acceptors (Lipinski definition) is 5. The molecular weight excluding hydrogens is 365 g/mol. The van der Waals surface area contributed by atoms with Gasteiger partial charge in [-0.3, -0.25) is 19.8 Å². The van der Waals surface area contributed by atoms with E-state index in [1.165, 1.54) is 24.6 Å². The molecule has 1 fully saturated rings. The molecular formula is C20H18FN3O4. The van der Waals surface area contributed by atoms with Crippen LogP contribution in [0.25, 0.3) is 0 Å². The van der Waals surface area contributed by atoms with Gasteiger partial charge in [0.05, 0.1) is 12.8 Å². The predicted octanol–water partition coefficient (Wildman–Crippen LogP) is 2.72. The number of furan rings is 1. The first-order valence-corrected chi connectivity index (χ1v) is 8.92. The van der Waals surface area contributed by atoms with E-state index in [9.17, 15) is 18.8 Å². The maximum atomic E-state index is 13.6. The second kappa shape index (κ2) is 6.95. The minimum absolute atomic E-state index is 0.00205. The highest BCUT2D eigenvalue weighted by molar-refractivity contribution is 6.28. The summed E-state index contributed by atoms with van der Waals surface area (Å²) in [6.45, 7) is 1.87. The lowest BCUT2D eigenvalue weighted by Crippen LogP contribution is -2.54. The van der Waals surface area contributed by atoms with Crippen molar-refractivity contribution in [1.29, 1.82) is 0 Å². The number of carbonyl (C=O) groups is 3. The average molecular weight is 383 g/mol. The number of hydrogen-bond donors (Lipinski definition) is 1. The number of nitrogens with zero attached hydrogens (tertiary/aromatic N) is 2. The van der Waals surface area contributed by atoms with Crippen molar-refractivity contribution < 1.29 is 23.2 Å². The quantitative estimate of drug-likeness (QED) is 0.651. The van der Waals surface area contributed by atoms with Crippen LogP contribution in [0.3, 0.4) is 0 Å². The fourth-order valence-electron chi connectivity index (χ4n) is 3.47. The Kier molecular flexibility index (Phi) is 4.46. The summed E-state index contributed by atoms with van der Waals surface area (Å²) in [5.74, 6) is -1.37. The van der Waals surface area contributed by atoms with Gasteiger partial charge in [-0.1, -0.05) is 0 Å². The zero-order valence-corrected chi connectivity index (χ0v) is 15.1. The molecule has 0 spiro atoms. The largest absolute Gasteiger partial charge is 0.467 e. The van der Waals surface area contributed by atoms with Crippen LogP contribution in [0.2, 0.25) is 0 Å². The van der Waals surface area contributed by atoms with Crippen LogP contribution in [-0.2, 0) is 22.6 Å². The number of barbiturate groups is 1. The van der Waals surface area contributed by atoms with E-state index in [1.807, 2.05) is 6.92 Å². The molecule has 3 heterocycles. The monoisotopic (exact) mass is 383 g/mol. The van der Waals surface area contributed by atoms with E-state index in [0.717, 1.165) is 22.6 Å². The molecule has 0 aliphatic carbocycles. The molecule has 1 saturated heterocycles. The Hall–Kier alpha value is -3.42. The van der Waals surface area contributed by atoms with E-state index in [2.05, 4.69) is 5.32 Å². The number of aryl methyl sites for hydroxylation is 1. The van der Waals surface area contributed by atoms with Gasteiger partial charge < -0.3 is 9.32 Å². The standard InChI is InChI=1S/C20H18FN3O4/c1-12-4-5-13-9-14(21)6-7-17(13)23(12)11-16-18(25)22-20(27)24(19(16)26)10-15-3-2-8-28-15/h2-3,6-9,11-12H,4-5,10H2,1H3,(H,22,25,27). The molecule has 0 bridgehead atoms. The van der Waals surface area contributed by atoms with E-state index in [4.69, 9.17) is 4.42 Å². The first-order valence-electron chi connectivity index (χ1n) is 8.92. The maximum absolute atomic E-state index is 13.6. The summed E-state index contributed by atoms with van der Waals surface area (Å²) in [5.41, 5.74) is 1.39. The Morgan fingerprint density at radius 1 is 1.29 bits per heavy atom. The number of benzene rings is 1. The first kappa shape index (κ1) is 18.0. The normalized spacial score (nSPS) is 21.1. The van der Waals surface area contributed by atoms with E-state index in [-0.39, 0.29) is 24.0 Å². The third-order valence-electron chi connectivity index (χ3n) is 4.97. The van der Waals surface area contributed by atoms with Crippen molar-refractivity contribution in [3.63, 3.8) is 0 Å². The average Bonchev–Trinajstić information content (AvgIpc) is 3.17. The number of anilines is 1. The van der Waals surface area contributed by atoms with Crippen LogP contribution < -0.4 is 10.2 Å².